The Labute approximate surface area is 182 Å². The highest BCUT2D eigenvalue weighted by Gasteiger charge is 2.33. The highest BCUT2D eigenvalue weighted by molar-refractivity contribution is 7.99. The summed E-state index contributed by atoms with van der Waals surface area (Å²) in [7, 11) is 0. The van der Waals surface area contributed by atoms with Crippen molar-refractivity contribution in [2.75, 3.05) is 0 Å². The molecule has 4 rings (SSSR count). The van der Waals surface area contributed by atoms with Gasteiger partial charge < -0.3 is 5.32 Å². The van der Waals surface area contributed by atoms with E-state index in [1.807, 2.05) is 48.5 Å². The summed E-state index contributed by atoms with van der Waals surface area (Å²) in [5.74, 6) is -0.779. The van der Waals surface area contributed by atoms with Crippen LogP contribution >= 0.6 is 23.4 Å². The van der Waals surface area contributed by atoms with Crippen molar-refractivity contribution >= 4 is 41.4 Å². The number of halogens is 2. The zero-order valence-electron chi connectivity index (χ0n) is 15.6. The predicted molar refractivity (Wildman–Crippen MR) is 115 cm³/mol. The maximum absolute atomic E-state index is 13.0. The van der Waals surface area contributed by atoms with Gasteiger partial charge in [-0.1, -0.05) is 47.6 Å². The van der Waals surface area contributed by atoms with Crippen LogP contribution in [0.25, 0.3) is 6.08 Å². The molecule has 0 spiro atoms. The smallest absolute Gasteiger partial charge is 0.303 e. The lowest BCUT2D eigenvalue weighted by molar-refractivity contribution is -0.123. The van der Waals surface area contributed by atoms with Crippen molar-refractivity contribution in [2.45, 2.75) is 16.3 Å². The van der Waals surface area contributed by atoms with Crippen LogP contribution in [-0.2, 0) is 11.3 Å². The van der Waals surface area contributed by atoms with Crippen LogP contribution in [-0.4, -0.2) is 16.8 Å². The second-order valence-corrected chi connectivity index (χ2v) is 8.21. The van der Waals surface area contributed by atoms with Gasteiger partial charge in [0.1, 0.15) is 11.5 Å². The molecule has 0 atom stereocenters. The van der Waals surface area contributed by atoms with Crippen LogP contribution in [0.3, 0.4) is 0 Å². The highest BCUT2D eigenvalue weighted by atomic mass is 35.5. The first-order chi connectivity index (χ1) is 14.5. The zero-order valence-corrected chi connectivity index (χ0v) is 17.2. The molecule has 1 heterocycles. The molecule has 0 saturated carbocycles. The van der Waals surface area contributed by atoms with E-state index in [1.54, 1.807) is 30.0 Å². The molecule has 3 aromatic rings. The maximum Gasteiger partial charge on any atom is 0.329 e. The summed E-state index contributed by atoms with van der Waals surface area (Å²) in [5.41, 5.74) is 1.67. The minimum Gasteiger partial charge on any atom is -0.303 e. The SMILES string of the molecule is O=C1N/C(=C\c2ccc(Sc3ccc(Cl)cc3)cc2)C(=O)N1Cc1ccc(F)cc1. The molecule has 0 bridgehead atoms. The third kappa shape index (κ3) is 4.72. The lowest BCUT2D eigenvalue weighted by atomic mass is 10.2. The normalized spacial score (nSPS) is 15.0. The number of nitrogens with one attached hydrogen (secondary N) is 1. The molecule has 7 heteroatoms. The Hall–Kier alpha value is -3.09. The molecular formula is C23H16ClFN2O2S. The van der Waals surface area contributed by atoms with Gasteiger partial charge in [-0.05, 0) is 65.7 Å². The molecule has 0 radical (unpaired) electrons. The second-order valence-electron chi connectivity index (χ2n) is 6.63. The predicted octanol–water partition coefficient (Wildman–Crippen LogP) is 5.72. The van der Waals surface area contributed by atoms with Gasteiger partial charge in [-0.2, -0.15) is 0 Å². The van der Waals surface area contributed by atoms with Gasteiger partial charge in [-0.15, -0.1) is 0 Å². The lowest BCUT2D eigenvalue weighted by Crippen LogP contribution is -2.30. The summed E-state index contributed by atoms with van der Waals surface area (Å²) in [6.07, 6.45) is 1.64. The van der Waals surface area contributed by atoms with Crippen LogP contribution in [0.5, 0.6) is 0 Å². The molecule has 0 aromatic heterocycles. The molecule has 4 nitrogen and oxygen atoms in total. The van der Waals surface area contributed by atoms with E-state index in [0.717, 1.165) is 20.3 Å². The minimum atomic E-state index is -0.495. The van der Waals surface area contributed by atoms with Crippen molar-refractivity contribution < 1.29 is 14.0 Å². The molecule has 1 aliphatic rings. The Morgan fingerprint density at radius 3 is 2.13 bits per heavy atom. The molecular weight excluding hydrogens is 423 g/mol. The molecule has 1 saturated heterocycles. The van der Waals surface area contributed by atoms with Crippen LogP contribution in [0, 0.1) is 5.82 Å². The third-order valence-electron chi connectivity index (χ3n) is 4.46. The van der Waals surface area contributed by atoms with Crippen LogP contribution < -0.4 is 5.32 Å². The molecule has 0 unspecified atom stereocenters. The number of amides is 3. The summed E-state index contributed by atoms with van der Waals surface area (Å²) in [6.45, 7) is 0.0823. The van der Waals surface area contributed by atoms with E-state index in [-0.39, 0.29) is 18.1 Å². The Kier molecular flexibility index (Phi) is 5.88. The number of imide groups is 1. The number of hydrogen-bond donors (Lipinski definition) is 1. The van der Waals surface area contributed by atoms with Crippen LogP contribution in [0.15, 0.2) is 88.3 Å². The average Bonchev–Trinajstić information content (AvgIpc) is 3.00. The quantitative estimate of drug-likeness (QED) is 0.409. The van der Waals surface area contributed by atoms with Crippen molar-refractivity contribution in [1.29, 1.82) is 0 Å². The monoisotopic (exact) mass is 438 g/mol. The molecule has 1 aliphatic heterocycles. The van der Waals surface area contributed by atoms with Gasteiger partial charge in [0.15, 0.2) is 0 Å². The van der Waals surface area contributed by atoms with E-state index in [2.05, 4.69) is 5.32 Å². The van der Waals surface area contributed by atoms with E-state index in [9.17, 15) is 14.0 Å². The first-order valence-corrected chi connectivity index (χ1v) is 10.3. The summed E-state index contributed by atoms with van der Waals surface area (Å²) in [5, 5.41) is 3.29. The Balaban J connectivity index is 1.45. The number of hydrogen-bond acceptors (Lipinski definition) is 3. The van der Waals surface area contributed by atoms with E-state index in [0.29, 0.717) is 10.6 Å². The number of rotatable bonds is 5. The van der Waals surface area contributed by atoms with Crippen molar-refractivity contribution in [2.24, 2.45) is 0 Å². The second kappa shape index (κ2) is 8.73. The van der Waals surface area contributed by atoms with Gasteiger partial charge in [-0.3, -0.25) is 9.69 Å². The number of nitrogens with zero attached hydrogens (tertiary/aromatic N) is 1. The average molecular weight is 439 g/mol. The minimum absolute atomic E-state index is 0.0823. The van der Waals surface area contributed by atoms with Gasteiger partial charge in [0.2, 0.25) is 0 Å². The number of carbonyl (C=O) groups excluding carboxylic acids is 2. The zero-order chi connectivity index (χ0) is 21.1. The Morgan fingerprint density at radius 1 is 0.900 bits per heavy atom. The lowest BCUT2D eigenvalue weighted by Gasteiger charge is -2.11. The maximum atomic E-state index is 13.0. The number of carbonyl (C=O) groups is 2. The standard InChI is InChI=1S/C23H16ClFN2O2S/c24-17-5-11-20(12-6-17)30-19-9-3-15(4-10-19)13-21-22(28)27(23(29)26-21)14-16-1-7-18(25)8-2-16/h1-13H,14H2,(H,26,29)/b21-13-. The first kappa shape index (κ1) is 20.2. The van der Waals surface area contributed by atoms with Crippen molar-refractivity contribution in [3.63, 3.8) is 0 Å². The van der Waals surface area contributed by atoms with Crippen molar-refractivity contribution in [1.82, 2.24) is 10.2 Å². The third-order valence-corrected chi connectivity index (χ3v) is 5.72. The fourth-order valence-corrected chi connectivity index (χ4v) is 3.87. The van der Waals surface area contributed by atoms with Crippen LogP contribution in [0.4, 0.5) is 9.18 Å². The summed E-state index contributed by atoms with van der Waals surface area (Å²) < 4.78 is 13.0. The molecule has 30 heavy (non-hydrogen) atoms. The van der Waals surface area contributed by atoms with Gasteiger partial charge in [0.05, 0.1) is 6.54 Å². The molecule has 3 amide bonds. The Morgan fingerprint density at radius 2 is 1.50 bits per heavy atom. The van der Waals surface area contributed by atoms with Crippen molar-refractivity contribution in [3.8, 4) is 0 Å². The molecule has 3 aromatic carbocycles. The molecule has 1 N–H and O–H groups in total. The summed E-state index contributed by atoms with van der Waals surface area (Å²) in [6, 6.07) is 20.4. The topological polar surface area (TPSA) is 49.4 Å². The van der Waals surface area contributed by atoms with Gasteiger partial charge >= 0.3 is 6.03 Å². The highest BCUT2D eigenvalue weighted by Crippen LogP contribution is 2.29. The molecule has 150 valence electrons. The van der Waals surface area contributed by atoms with Crippen LogP contribution in [0.1, 0.15) is 11.1 Å². The Bertz CT molecular complexity index is 1110. The van der Waals surface area contributed by atoms with Gasteiger partial charge in [0.25, 0.3) is 5.91 Å². The fraction of sp³-hybridized carbons (Fsp3) is 0.0435. The fourth-order valence-electron chi connectivity index (χ4n) is 2.93. The number of benzene rings is 3. The van der Waals surface area contributed by atoms with Crippen LogP contribution in [0.2, 0.25) is 5.02 Å². The first-order valence-electron chi connectivity index (χ1n) is 9.10. The van der Waals surface area contributed by atoms with E-state index in [1.165, 1.54) is 12.1 Å². The van der Waals surface area contributed by atoms with Gasteiger partial charge in [0, 0.05) is 14.8 Å². The van der Waals surface area contributed by atoms with E-state index >= 15 is 0 Å². The summed E-state index contributed by atoms with van der Waals surface area (Å²) >= 11 is 7.51. The van der Waals surface area contributed by atoms with E-state index < -0.39 is 11.9 Å². The molecule has 1 fully saturated rings. The van der Waals surface area contributed by atoms with Crippen molar-refractivity contribution in [3.05, 3.63) is 100 Å². The largest absolute Gasteiger partial charge is 0.329 e. The summed E-state index contributed by atoms with van der Waals surface area (Å²) in [4.78, 5) is 28.0. The van der Waals surface area contributed by atoms with E-state index in [4.69, 9.17) is 11.6 Å². The molecule has 0 aliphatic carbocycles. The van der Waals surface area contributed by atoms with Gasteiger partial charge in [-0.25, -0.2) is 9.18 Å². The number of urea groups is 1.